The zero-order valence-corrected chi connectivity index (χ0v) is 10.1. The third kappa shape index (κ3) is 3.88. The maximum Gasteiger partial charge on any atom is 0.224 e. The highest BCUT2D eigenvalue weighted by atomic mass is 16.2. The lowest BCUT2D eigenvalue weighted by atomic mass is 9.97. The molecule has 4 heteroatoms. The third-order valence-electron chi connectivity index (χ3n) is 3.40. The van der Waals surface area contributed by atoms with Gasteiger partial charge < -0.3 is 10.6 Å². The van der Waals surface area contributed by atoms with Gasteiger partial charge in [-0.1, -0.05) is 11.6 Å². The summed E-state index contributed by atoms with van der Waals surface area (Å²) in [5, 5.41) is 5.77. The number of amides is 2. The van der Waals surface area contributed by atoms with E-state index < -0.39 is 0 Å². The predicted octanol–water partition coefficient (Wildman–Crippen LogP) is 1.27. The molecule has 4 nitrogen and oxygen atoms in total. The van der Waals surface area contributed by atoms with Crippen molar-refractivity contribution >= 4 is 11.8 Å². The van der Waals surface area contributed by atoms with E-state index in [0.717, 1.165) is 19.3 Å². The van der Waals surface area contributed by atoms with Gasteiger partial charge in [-0.3, -0.25) is 9.59 Å². The molecule has 0 bridgehead atoms. The van der Waals surface area contributed by atoms with Crippen LogP contribution in [-0.2, 0) is 9.59 Å². The van der Waals surface area contributed by atoms with Gasteiger partial charge in [0.25, 0.3) is 0 Å². The number of hydrogen-bond acceptors (Lipinski definition) is 2. The molecule has 0 saturated carbocycles. The molecule has 2 aliphatic rings. The van der Waals surface area contributed by atoms with Gasteiger partial charge in [-0.25, -0.2) is 0 Å². The number of allylic oxidation sites excluding steroid dienone is 1. The maximum atomic E-state index is 11.8. The second-order valence-corrected chi connectivity index (χ2v) is 4.89. The minimum absolute atomic E-state index is 0.0884. The van der Waals surface area contributed by atoms with Crippen molar-refractivity contribution in [2.24, 2.45) is 0 Å². The first kappa shape index (κ1) is 12.1. The van der Waals surface area contributed by atoms with Crippen molar-refractivity contribution in [1.29, 1.82) is 0 Å². The zero-order valence-electron chi connectivity index (χ0n) is 10.1. The second kappa shape index (κ2) is 5.84. The van der Waals surface area contributed by atoms with E-state index in [1.165, 1.54) is 18.4 Å². The molecule has 1 aliphatic heterocycles. The Balaban J connectivity index is 1.73. The molecule has 1 saturated heterocycles. The van der Waals surface area contributed by atoms with Crippen LogP contribution in [0.3, 0.4) is 0 Å². The van der Waals surface area contributed by atoms with Crippen LogP contribution in [0.5, 0.6) is 0 Å². The fourth-order valence-electron chi connectivity index (χ4n) is 2.41. The van der Waals surface area contributed by atoms with Crippen LogP contribution < -0.4 is 10.6 Å². The molecule has 1 atom stereocenters. The Hall–Kier alpha value is -1.32. The minimum atomic E-state index is 0.0884. The molecule has 2 N–H and O–H groups in total. The summed E-state index contributed by atoms with van der Waals surface area (Å²) in [5.74, 6) is 0.185. The Labute approximate surface area is 102 Å². The smallest absolute Gasteiger partial charge is 0.224 e. The van der Waals surface area contributed by atoms with Crippen molar-refractivity contribution in [2.75, 3.05) is 6.54 Å². The van der Waals surface area contributed by atoms with E-state index in [9.17, 15) is 9.59 Å². The summed E-state index contributed by atoms with van der Waals surface area (Å²) >= 11 is 0. The molecule has 0 aromatic rings. The number of piperidine rings is 1. The number of nitrogens with one attached hydrogen (secondary N) is 2. The molecular weight excluding hydrogens is 216 g/mol. The van der Waals surface area contributed by atoms with Crippen LogP contribution in [0.1, 0.15) is 44.9 Å². The van der Waals surface area contributed by atoms with Gasteiger partial charge in [-0.05, 0) is 32.1 Å². The molecule has 1 unspecified atom stereocenters. The summed E-state index contributed by atoms with van der Waals surface area (Å²) in [7, 11) is 0. The monoisotopic (exact) mass is 236 g/mol. The highest BCUT2D eigenvalue weighted by Gasteiger charge is 2.19. The Kier molecular flexibility index (Phi) is 4.18. The summed E-state index contributed by atoms with van der Waals surface area (Å²) in [6.07, 6.45) is 8.65. The van der Waals surface area contributed by atoms with E-state index in [0.29, 0.717) is 19.4 Å². The first-order chi connectivity index (χ1) is 8.24. The normalized spacial score (nSPS) is 24.8. The fourth-order valence-corrected chi connectivity index (χ4v) is 2.41. The van der Waals surface area contributed by atoms with Gasteiger partial charge in [0.2, 0.25) is 11.8 Å². The number of rotatable bonds is 3. The van der Waals surface area contributed by atoms with Crippen LogP contribution in [0.2, 0.25) is 0 Å². The number of hydrogen-bond donors (Lipinski definition) is 2. The standard InChI is InChI=1S/C13H20N2O2/c16-12-7-6-11(9-14-12)15-13(17)8-10-4-2-1-3-5-10/h4,11H,1-3,5-9H2,(H,14,16)(H,15,17). The molecule has 2 amide bonds. The van der Waals surface area contributed by atoms with E-state index in [-0.39, 0.29) is 17.9 Å². The largest absolute Gasteiger partial charge is 0.354 e. The number of carbonyl (C=O) groups excluding carboxylic acids is 2. The summed E-state index contributed by atoms with van der Waals surface area (Å²) in [4.78, 5) is 22.8. The van der Waals surface area contributed by atoms with Crippen LogP contribution in [0, 0.1) is 0 Å². The van der Waals surface area contributed by atoms with Crippen LogP contribution >= 0.6 is 0 Å². The molecule has 0 spiro atoms. The van der Waals surface area contributed by atoms with E-state index in [1.807, 2.05) is 0 Å². The van der Waals surface area contributed by atoms with Gasteiger partial charge in [0.05, 0.1) is 0 Å². The first-order valence-electron chi connectivity index (χ1n) is 6.48. The third-order valence-corrected chi connectivity index (χ3v) is 3.40. The van der Waals surface area contributed by atoms with E-state index in [4.69, 9.17) is 0 Å². The zero-order chi connectivity index (χ0) is 12.1. The second-order valence-electron chi connectivity index (χ2n) is 4.89. The lowest BCUT2D eigenvalue weighted by Gasteiger charge is -2.24. The Morgan fingerprint density at radius 1 is 1.41 bits per heavy atom. The molecule has 1 heterocycles. The van der Waals surface area contributed by atoms with Crippen molar-refractivity contribution in [3.8, 4) is 0 Å². The van der Waals surface area contributed by atoms with E-state index >= 15 is 0 Å². The van der Waals surface area contributed by atoms with E-state index in [2.05, 4.69) is 16.7 Å². The highest BCUT2D eigenvalue weighted by molar-refractivity contribution is 5.80. The molecule has 1 aliphatic carbocycles. The van der Waals surface area contributed by atoms with Crippen LogP contribution in [0.25, 0.3) is 0 Å². The van der Waals surface area contributed by atoms with Gasteiger partial charge in [-0.15, -0.1) is 0 Å². The quantitative estimate of drug-likeness (QED) is 0.725. The van der Waals surface area contributed by atoms with Gasteiger partial charge >= 0.3 is 0 Å². The highest BCUT2D eigenvalue weighted by Crippen LogP contribution is 2.19. The van der Waals surface area contributed by atoms with Crippen molar-refractivity contribution in [3.05, 3.63) is 11.6 Å². The molecule has 17 heavy (non-hydrogen) atoms. The Bertz CT molecular complexity index is 326. The van der Waals surface area contributed by atoms with Gasteiger partial charge in [0.1, 0.15) is 0 Å². The van der Waals surface area contributed by atoms with Crippen LogP contribution in [0.4, 0.5) is 0 Å². The lowest BCUT2D eigenvalue weighted by molar-refractivity contribution is -0.125. The SMILES string of the molecule is O=C1CCC(NC(=O)CC2=CCCCC2)CN1. The molecule has 94 valence electrons. The predicted molar refractivity (Wildman–Crippen MR) is 65.3 cm³/mol. The van der Waals surface area contributed by atoms with Crippen molar-refractivity contribution in [2.45, 2.75) is 51.0 Å². The summed E-state index contributed by atoms with van der Waals surface area (Å²) in [6.45, 7) is 0.573. The minimum Gasteiger partial charge on any atom is -0.354 e. The van der Waals surface area contributed by atoms with Crippen molar-refractivity contribution < 1.29 is 9.59 Å². The summed E-state index contributed by atoms with van der Waals surface area (Å²) in [6, 6.07) is 0.115. The molecule has 1 fully saturated rings. The summed E-state index contributed by atoms with van der Waals surface area (Å²) < 4.78 is 0. The van der Waals surface area contributed by atoms with Crippen molar-refractivity contribution in [3.63, 3.8) is 0 Å². The van der Waals surface area contributed by atoms with Crippen LogP contribution in [0.15, 0.2) is 11.6 Å². The van der Waals surface area contributed by atoms with Gasteiger partial charge in [0.15, 0.2) is 0 Å². The molecule has 0 aromatic carbocycles. The van der Waals surface area contributed by atoms with E-state index in [1.54, 1.807) is 0 Å². The topological polar surface area (TPSA) is 58.2 Å². The summed E-state index contributed by atoms with van der Waals surface area (Å²) in [5.41, 5.74) is 1.27. The number of carbonyl (C=O) groups is 2. The Morgan fingerprint density at radius 2 is 2.29 bits per heavy atom. The van der Waals surface area contributed by atoms with Gasteiger partial charge in [0, 0.05) is 25.4 Å². The molecular formula is C13H20N2O2. The maximum absolute atomic E-state index is 11.8. The van der Waals surface area contributed by atoms with Crippen LogP contribution in [-0.4, -0.2) is 24.4 Å². The van der Waals surface area contributed by atoms with Gasteiger partial charge in [-0.2, -0.15) is 0 Å². The molecule has 0 aromatic heterocycles. The average Bonchev–Trinajstić information content (AvgIpc) is 2.33. The Morgan fingerprint density at radius 3 is 2.94 bits per heavy atom. The van der Waals surface area contributed by atoms with Crippen molar-refractivity contribution in [1.82, 2.24) is 10.6 Å². The fraction of sp³-hybridized carbons (Fsp3) is 0.692. The first-order valence-corrected chi connectivity index (χ1v) is 6.48. The lowest BCUT2D eigenvalue weighted by Crippen LogP contribution is -2.47. The molecule has 2 rings (SSSR count). The molecule has 0 radical (unpaired) electrons. The average molecular weight is 236 g/mol.